The molecule has 0 fully saturated rings. The van der Waals surface area contributed by atoms with E-state index in [4.69, 9.17) is 11.6 Å². The van der Waals surface area contributed by atoms with Crippen LogP contribution in [-0.4, -0.2) is 4.92 Å². The zero-order valence-electron chi connectivity index (χ0n) is 9.18. The highest BCUT2D eigenvalue weighted by Crippen LogP contribution is 2.32. The highest BCUT2D eigenvalue weighted by molar-refractivity contribution is 14.1. The lowest BCUT2D eigenvalue weighted by atomic mass is 10.0. The molecule has 0 amide bonds. The topological polar surface area (TPSA) is 43.1 Å². The Morgan fingerprint density at radius 3 is 2.78 bits per heavy atom. The monoisotopic (exact) mass is 393 g/mol. The Kier molecular flexibility index (Phi) is 4.58. The molecule has 3 nitrogen and oxygen atoms in total. The van der Waals surface area contributed by atoms with Gasteiger partial charge in [-0.15, -0.1) is 22.9 Å². The van der Waals surface area contributed by atoms with E-state index in [0.717, 1.165) is 8.45 Å². The van der Waals surface area contributed by atoms with Gasteiger partial charge in [-0.25, -0.2) is 0 Å². The predicted octanol–water partition coefficient (Wildman–Crippen LogP) is 4.78. The van der Waals surface area contributed by atoms with E-state index in [2.05, 4.69) is 22.6 Å². The molecule has 0 N–H and O–H groups in total. The second kappa shape index (κ2) is 5.99. The molecule has 0 saturated heterocycles. The first-order valence-electron chi connectivity index (χ1n) is 5.18. The van der Waals surface area contributed by atoms with Crippen molar-refractivity contribution in [3.05, 3.63) is 59.8 Å². The van der Waals surface area contributed by atoms with Crippen molar-refractivity contribution in [3.63, 3.8) is 0 Å². The van der Waals surface area contributed by atoms with Gasteiger partial charge in [0.1, 0.15) is 0 Å². The number of rotatable bonds is 4. The third-order valence-corrected chi connectivity index (χ3v) is 4.75. The number of nitro groups is 1. The van der Waals surface area contributed by atoms with Crippen LogP contribution in [0.3, 0.4) is 0 Å². The Morgan fingerprint density at radius 2 is 2.17 bits per heavy atom. The van der Waals surface area contributed by atoms with Gasteiger partial charge in [0.05, 0.1) is 13.2 Å². The molecule has 0 spiro atoms. The number of benzene rings is 1. The summed E-state index contributed by atoms with van der Waals surface area (Å²) in [6.45, 7) is 0. The zero-order valence-corrected chi connectivity index (χ0v) is 12.9. The summed E-state index contributed by atoms with van der Waals surface area (Å²) in [5.74, 6) is 0. The summed E-state index contributed by atoms with van der Waals surface area (Å²) in [5, 5.41) is 12.7. The van der Waals surface area contributed by atoms with Crippen molar-refractivity contribution in [2.45, 2.75) is 11.8 Å². The van der Waals surface area contributed by atoms with Crippen LogP contribution in [0.1, 0.15) is 16.5 Å². The van der Waals surface area contributed by atoms with Gasteiger partial charge in [0.2, 0.25) is 0 Å². The van der Waals surface area contributed by atoms with Crippen LogP contribution < -0.4 is 0 Å². The van der Waals surface area contributed by atoms with E-state index >= 15 is 0 Å². The zero-order chi connectivity index (χ0) is 13.1. The minimum Gasteiger partial charge on any atom is -0.258 e. The molecule has 0 aliphatic carbocycles. The van der Waals surface area contributed by atoms with E-state index < -0.39 is 0 Å². The molecule has 1 unspecified atom stereocenters. The van der Waals surface area contributed by atoms with Gasteiger partial charge in [-0.05, 0) is 46.0 Å². The van der Waals surface area contributed by atoms with Crippen molar-refractivity contribution in [3.8, 4) is 0 Å². The van der Waals surface area contributed by atoms with Gasteiger partial charge >= 0.3 is 0 Å². The van der Waals surface area contributed by atoms with E-state index in [-0.39, 0.29) is 16.0 Å². The molecule has 1 heterocycles. The van der Waals surface area contributed by atoms with Crippen LogP contribution in [0.2, 0.25) is 0 Å². The number of thiophene rings is 1. The molecule has 2 aromatic rings. The average Bonchev–Trinajstić information content (AvgIpc) is 2.76. The molecule has 18 heavy (non-hydrogen) atoms. The number of nitrogens with zero attached hydrogens (tertiary/aromatic N) is 1. The second-order valence-corrected chi connectivity index (χ2v) is 7.07. The van der Waals surface area contributed by atoms with Gasteiger partial charge in [0.15, 0.2) is 0 Å². The lowest BCUT2D eigenvalue weighted by molar-refractivity contribution is -0.385. The van der Waals surface area contributed by atoms with Crippen molar-refractivity contribution in [2.24, 2.45) is 0 Å². The largest absolute Gasteiger partial charge is 0.272 e. The minimum atomic E-state index is -0.365. The molecule has 94 valence electrons. The summed E-state index contributed by atoms with van der Waals surface area (Å²) in [5.41, 5.74) is 1.82. The minimum absolute atomic E-state index is 0.132. The molecule has 0 aliphatic rings. The van der Waals surface area contributed by atoms with Crippen LogP contribution in [0.15, 0.2) is 35.7 Å². The Balaban J connectivity index is 2.21. The number of hydrogen-bond donors (Lipinski definition) is 0. The molecule has 6 heteroatoms. The summed E-state index contributed by atoms with van der Waals surface area (Å²) in [6, 6.07) is 8.74. The number of nitro benzene ring substituents is 1. The normalized spacial score (nSPS) is 12.3. The van der Waals surface area contributed by atoms with Crippen LogP contribution in [0.4, 0.5) is 5.69 Å². The smallest absolute Gasteiger partial charge is 0.258 e. The summed E-state index contributed by atoms with van der Waals surface area (Å²) < 4.78 is 1.16. The van der Waals surface area contributed by atoms with Crippen LogP contribution in [0.5, 0.6) is 0 Å². The highest BCUT2D eigenvalue weighted by atomic mass is 127. The maximum Gasteiger partial charge on any atom is 0.272 e. The summed E-state index contributed by atoms with van der Waals surface area (Å²) in [4.78, 5) is 10.5. The van der Waals surface area contributed by atoms with E-state index in [1.165, 1.54) is 6.07 Å². The van der Waals surface area contributed by atoms with E-state index in [0.29, 0.717) is 12.0 Å². The first-order valence-corrected chi connectivity index (χ1v) is 7.57. The fourth-order valence-electron chi connectivity index (χ4n) is 1.66. The maximum absolute atomic E-state index is 10.9. The molecular weight excluding hydrogens is 385 g/mol. The Morgan fingerprint density at radius 1 is 1.44 bits per heavy atom. The highest BCUT2D eigenvalue weighted by Gasteiger charge is 2.17. The first kappa shape index (κ1) is 13.8. The predicted molar refractivity (Wildman–Crippen MR) is 82.4 cm³/mol. The molecule has 1 aromatic heterocycles. The fraction of sp³-hybridized carbons (Fsp3) is 0.167. The van der Waals surface area contributed by atoms with Crippen molar-refractivity contribution >= 4 is 51.2 Å². The molecule has 1 atom stereocenters. The number of halogens is 2. The maximum atomic E-state index is 10.9. The van der Waals surface area contributed by atoms with Gasteiger partial charge < -0.3 is 0 Å². The number of para-hydroxylation sites is 1. The van der Waals surface area contributed by atoms with Gasteiger partial charge in [0.25, 0.3) is 5.69 Å². The fourth-order valence-corrected chi connectivity index (χ4v) is 3.45. The van der Waals surface area contributed by atoms with Gasteiger partial charge in [-0.3, -0.25) is 10.1 Å². The van der Waals surface area contributed by atoms with E-state index in [1.807, 2.05) is 11.4 Å². The third-order valence-electron chi connectivity index (χ3n) is 2.54. The molecule has 0 aliphatic heterocycles. The molecule has 2 rings (SSSR count). The van der Waals surface area contributed by atoms with Gasteiger partial charge in [0, 0.05) is 11.6 Å². The summed E-state index contributed by atoms with van der Waals surface area (Å²) in [6.07, 6.45) is 0.464. The van der Waals surface area contributed by atoms with Crippen LogP contribution in [0.25, 0.3) is 0 Å². The lowest BCUT2D eigenvalue weighted by Gasteiger charge is -2.07. The molecule has 0 saturated carbocycles. The van der Waals surface area contributed by atoms with Crippen LogP contribution in [-0.2, 0) is 6.42 Å². The van der Waals surface area contributed by atoms with E-state index in [9.17, 15) is 10.1 Å². The summed E-state index contributed by atoms with van der Waals surface area (Å²) in [7, 11) is 0. The van der Waals surface area contributed by atoms with Crippen LogP contribution >= 0.6 is 45.5 Å². The van der Waals surface area contributed by atoms with Crippen molar-refractivity contribution in [2.75, 3.05) is 0 Å². The van der Waals surface area contributed by atoms with Gasteiger partial charge in [-0.2, -0.15) is 0 Å². The Labute approximate surface area is 127 Å². The quantitative estimate of drug-likeness (QED) is 0.325. The Hall–Kier alpha value is -0.660. The van der Waals surface area contributed by atoms with Gasteiger partial charge in [-0.1, -0.05) is 18.2 Å². The molecule has 0 bridgehead atoms. The van der Waals surface area contributed by atoms with Crippen molar-refractivity contribution in [1.82, 2.24) is 0 Å². The van der Waals surface area contributed by atoms with E-state index in [1.54, 1.807) is 29.5 Å². The first-order chi connectivity index (χ1) is 8.58. The van der Waals surface area contributed by atoms with Crippen molar-refractivity contribution in [1.29, 1.82) is 0 Å². The molecule has 1 aromatic carbocycles. The van der Waals surface area contributed by atoms with Crippen molar-refractivity contribution < 1.29 is 4.92 Å². The lowest BCUT2D eigenvalue weighted by Crippen LogP contribution is -1.99. The standard InChI is InChI=1S/C12H9ClINO2S/c13-10(9-6-12(14)18-7-9)5-8-3-1-2-4-11(8)15(16)17/h1-4,6-7,10H,5H2. The molecular formula is C12H9ClINO2S. The second-order valence-electron chi connectivity index (χ2n) is 3.74. The number of alkyl halides is 1. The number of hydrogen-bond acceptors (Lipinski definition) is 3. The molecule has 0 radical (unpaired) electrons. The average molecular weight is 394 g/mol. The van der Waals surface area contributed by atoms with Crippen LogP contribution in [0, 0.1) is 13.0 Å². The third kappa shape index (κ3) is 3.21. The summed E-state index contributed by atoms with van der Waals surface area (Å²) >= 11 is 10.2. The Bertz CT molecular complexity index is 573. The SMILES string of the molecule is O=[N+]([O-])c1ccccc1CC(Cl)c1csc(I)c1.